The van der Waals surface area contributed by atoms with E-state index in [1.54, 1.807) is 19.2 Å². The molecule has 0 saturated carbocycles. The summed E-state index contributed by atoms with van der Waals surface area (Å²) in [6.07, 6.45) is 0.193. The highest BCUT2D eigenvalue weighted by Gasteiger charge is 2.16. The van der Waals surface area contributed by atoms with Crippen LogP contribution in [0.5, 0.6) is 5.75 Å². The zero-order valence-corrected chi connectivity index (χ0v) is 15.3. The van der Waals surface area contributed by atoms with Crippen molar-refractivity contribution in [1.29, 1.82) is 0 Å². The van der Waals surface area contributed by atoms with Crippen molar-refractivity contribution < 1.29 is 17.9 Å². The summed E-state index contributed by atoms with van der Waals surface area (Å²) in [5.41, 5.74) is 1.73. The fraction of sp³-hybridized carbons (Fsp3) is 0.278. The maximum atomic E-state index is 12.0. The number of carbonyl (C=O) groups excluding carboxylic acids is 1. The maximum Gasteiger partial charge on any atom is 0.242 e. The SMILES string of the molecule is COc1ccc(CNC(=O)Cc2ccc(S(=O)(=O)N(C)C)cc2)cc1. The second-order valence-electron chi connectivity index (χ2n) is 5.73. The van der Waals surface area contributed by atoms with Gasteiger partial charge < -0.3 is 10.1 Å². The summed E-state index contributed by atoms with van der Waals surface area (Å²) in [7, 11) is 1.12. The van der Waals surface area contributed by atoms with Gasteiger partial charge in [-0.3, -0.25) is 4.79 Å². The average Bonchev–Trinajstić information content (AvgIpc) is 2.60. The summed E-state index contributed by atoms with van der Waals surface area (Å²) in [6, 6.07) is 13.8. The molecule has 0 aliphatic carbocycles. The number of carbonyl (C=O) groups is 1. The predicted octanol–water partition coefficient (Wildman–Crippen LogP) is 1.80. The Morgan fingerprint density at radius 1 is 1.00 bits per heavy atom. The van der Waals surface area contributed by atoms with Gasteiger partial charge in [0.05, 0.1) is 18.4 Å². The first kappa shape index (κ1) is 19.0. The average molecular weight is 362 g/mol. The second kappa shape index (κ2) is 8.13. The summed E-state index contributed by atoms with van der Waals surface area (Å²) in [4.78, 5) is 12.2. The monoisotopic (exact) mass is 362 g/mol. The largest absolute Gasteiger partial charge is 0.497 e. The lowest BCUT2D eigenvalue weighted by molar-refractivity contribution is -0.120. The number of hydrogen-bond donors (Lipinski definition) is 1. The Labute approximate surface area is 148 Å². The van der Waals surface area contributed by atoms with E-state index in [4.69, 9.17) is 4.74 Å². The molecule has 6 nitrogen and oxygen atoms in total. The molecular weight excluding hydrogens is 340 g/mol. The van der Waals surface area contributed by atoms with Gasteiger partial charge in [0.1, 0.15) is 5.75 Å². The molecule has 0 spiro atoms. The van der Waals surface area contributed by atoms with Crippen LogP contribution >= 0.6 is 0 Å². The van der Waals surface area contributed by atoms with Gasteiger partial charge in [-0.2, -0.15) is 0 Å². The quantitative estimate of drug-likeness (QED) is 0.815. The first-order valence-corrected chi connectivity index (χ1v) is 9.18. The lowest BCUT2D eigenvalue weighted by Gasteiger charge is -2.11. The van der Waals surface area contributed by atoms with Crippen LogP contribution in [0.3, 0.4) is 0 Å². The summed E-state index contributed by atoms with van der Waals surface area (Å²) in [5.74, 6) is 0.641. The van der Waals surface area contributed by atoms with Crippen LogP contribution in [0.2, 0.25) is 0 Å². The fourth-order valence-electron chi connectivity index (χ4n) is 2.18. The normalized spacial score (nSPS) is 11.4. The van der Waals surface area contributed by atoms with Crippen molar-refractivity contribution in [3.63, 3.8) is 0 Å². The van der Waals surface area contributed by atoms with Crippen LogP contribution in [0.4, 0.5) is 0 Å². The lowest BCUT2D eigenvalue weighted by atomic mass is 10.1. The zero-order chi connectivity index (χ0) is 18.4. The van der Waals surface area contributed by atoms with Crippen molar-refractivity contribution in [3.8, 4) is 5.75 Å². The molecule has 0 aliphatic rings. The van der Waals surface area contributed by atoms with E-state index in [0.717, 1.165) is 21.2 Å². The van der Waals surface area contributed by atoms with E-state index in [9.17, 15) is 13.2 Å². The van der Waals surface area contributed by atoms with E-state index in [-0.39, 0.29) is 17.2 Å². The molecule has 1 amide bonds. The number of rotatable bonds is 7. The third-order valence-electron chi connectivity index (χ3n) is 3.72. The Kier molecular flexibility index (Phi) is 6.17. The van der Waals surface area contributed by atoms with Crippen LogP contribution in [-0.2, 0) is 27.8 Å². The van der Waals surface area contributed by atoms with E-state index >= 15 is 0 Å². The number of sulfonamides is 1. The first-order chi connectivity index (χ1) is 11.8. The summed E-state index contributed by atoms with van der Waals surface area (Å²) in [6.45, 7) is 0.427. The number of benzene rings is 2. The number of ether oxygens (including phenoxy) is 1. The Balaban J connectivity index is 1.92. The molecular formula is C18H22N2O4S. The maximum absolute atomic E-state index is 12.0. The molecule has 0 radical (unpaired) electrons. The van der Waals surface area contributed by atoms with Gasteiger partial charge in [-0.05, 0) is 35.4 Å². The Morgan fingerprint density at radius 2 is 1.56 bits per heavy atom. The van der Waals surface area contributed by atoms with Crippen LogP contribution < -0.4 is 10.1 Å². The number of nitrogens with one attached hydrogen (secondary N) is 1. The third kappa shape index (κ3) is 5.04. The molecule has 2 aromatic carbocycles. The van der Waals surface area contributed by atoms with Crippen LogP contribution in [0, 0.1) is 0 Å². The topological polar surface area (TPSA) is 75.7 Å². The van der Waals surface area contributed by atoms with Crippen LogP contribution in [-0.4, -0.2) is 39.8 Å². The third-order valence-corrected chi connectivity index (χ3v) is 5.54. The van der Waals surface area contributed by atoms with E-state index in [1.807, 2.05) is 24.3 Å². The number of amides is 1. The molecule has 7 heteroatoms. The molecule has 0 fully saturated rings. The van der Waals surface area contributed by atoms with Gasteiger partial charge in [-0.1, -0.05) is 24.3 Å². The van der Waals surface area contributed by atoms with Crippen LogP contribution in [0.15, 0.2) is 53.4 Å². The Morgan fingerprint density at radius 3 is 2.08 bits per heavy atom. The van der Waals surface area contributed by atoms with Gasteiger partial charge in [0.15, 0.2) is 0 Å². The minimum absolute atomic E-state index is 0.126. The Bertz CT molecular complexity index is 813. The van der Waals surface area contributed by atoms with Gasteiger partial charge in [-0.25, -0.2) is 12.7 Å². The first-order valence-electron chi connectivity index (χ1n) is 7.74. The van der Waals surface area contributed by atoms with Gasteiger partial charge >= 0.3 is 0 Å². The highest BCUT2D eigenvalue weighted by Crippen LogP contribution is 2.14. The minimum Gasteiger partial charge on any atom is -0.497 e. The van der Waals surface area contributed by atoms with Crippen molar-refractivity contribution in [1.82, 2.24) is 9.62 Å². The molecule has 2 aromatic rings. The molecule has 0 heterocycles. The van der Waals surface area contributed by atoms with E-state index in [0.29, 0.717) is 6.54 Å². The zero-order valence-electron chi connectivity index (χ0n) is 14.5. The lowest BCUT2D eigenvalue weighted by Crippen LogP contribution is -2.24. The van der Waals surface area contributed by atoms with Crippen molar-refractivity contribution in [2.24, 2.45) is 0 Å². The van der Waals surface area contributed by atoms with E-state index in [2.05, 4.69) is 5.32 Å². The summed E-state index contributed by atoms with van der Waals surface area (Å²) in [5, 5.41) is 2.84. The van der Waals surface area contributed by atoms with E-state index < -0.39 is 10.0 Å². The molecule has 134 valence electrons. The summed E-state index contributed by atoms with van der Waals surface area (Å²) >= 11 is 0. The van der Waals surface area contributed by atoms with Gasteiger partial charge in [0.25, 0.3) is 0 Å². The minimum atomic E-state index is -3.45. The van der Waals surface area contributed by atoms with Crippen molar-refractivity contribution in [2.45, 2.75) is 17.9 Å². The number of methoxy groups -OCH3 is 1. The molecule has 0 unspecified atom stereocenters. The number of hydrogen-bond acceptors (Lipinski definition) is 4. The van der Waals surface area contributed by atoms with Crippen molar-refractivity contribution >= 4 is 15.9 Å². The van der Waals surface area contributed by atoms with Crippen LogP contribution in [0.1, 0.15) is 11.1 Å². The van der Waals surface area contributed by atoms with Crippen LogP contribution in [0.25, 0.3) is 0 Å². The Hall–Kier alpha value is -2.38. The predicted molar refractivity (Wildman–Crippen MR) is 95.9 cm³/mol. The molecule has 1 N–H and O–H groups in total. The second-order valence-corrected chi connectivity index (χ2v) is 7.88. The molecule has 0 aliphatic heterocycles. The molecule has 2 rings (SSSR count). The molecule has 25 heavy (non-hydrogen) atoms. The highest BCUT2D eigenvalue weighted by atomic mass is 32.2. The standard InChI is InChI=1S/C18H22N2O4S/c1-20(2)25(22,23)17-10-6-14(7-11-17)12-18(21)19-13-15-4-8-16(24-3)9-5-15/h4-11H,12-13H2,1-3H3,(H,19,21). The smallest absolute Gasteiger partial charge is 0.242 e. The molecule has 0 bridgehead atoms. The van der Waals surface area contributed by atoms with Gasteiger partial charge in [0.2, 0.25) is 15.9 Å². The van der Waals surface area contributed by atoms with E-state index in [1.165, 1.54) is 26.2 Å². The summed E-state index contributed by atoms with van der Waals surface area (Å²) < 4.78 is 30.3. The van der Waals surface area contributed by atoms with Crippen molar-refractivity contribution in [3.05, 3.63) is 59.7 Å². The fourth-order valence-corrected chi connectivity index (χ4v) is 3.08. The van der Waals surface area contributed by atoms with Gasteiger partial charge in [-0.15, -0.1) is 0 Å². The van der Waals surface area contributed by atoms with Gasteiger partial charge in [0, 0.05) is 20.6 Å². The molecule has 0 saturated heterocycles. The van der Waals surface area contributed by atoms with Crippen molar-refractivity contribution in [2.75, 3.05) is 21.2 Å². The highest BCUT2D eigenvalue weighted by molar-refractivity contribution is 7.89. The number of nitrogens with zero attached hydrogens (tertiary/aromatic N) is 1. The molecule has 0 aromatic heterocycles. The molecule has 0 atom stereocenters.